The molecule has 0 aliphatic heterocycles. The fourth-order valence-corrected chi connectivity index (χ4v) is 2.63. The molecule has 4 nitrogen and oxygen atoms in total. The third-order valence-electron chi connectivity index (χ3n) is 4.05. The van der Waals surface area contributed by atoms with E-state index in [0.717, 1.165) is 43.5 Å². The molecule has 1 fully saturated rings. The zero-order valence-corrected chi connectivity index (χ0v) is 12.0. The molecule has 0 unspecified atom stereocenters. The second-order valence-corrected chi connectivity index (χ2v) is 5.41. The highest BCUT2D eigenvalue weighted by molar-refractivity contribution is 5.72. The maximum Gasteiger partial charge on any atom is 0.309 e. The van der Waals surface area contributed by atoms with Gasteiger partial charge < -0.3 is 15.2 Å². The van der Waals surface area contributed by atoms with Crippen LogP contribution in [0.4, 0.5) is 0 Å². The molecule has 2 N–H and O–H groups in total. The molecular weight excluding hydrogens is 254 g/mol. The van der Waals surface area contributed by atoms with Gasteiger partial charge in [0.05, 0.1) is 13.0 Å². The monoisotopic (exact) mass is 277 g/mol. The van der Waals surface area contributed by atoms with E-state index < -0.39 is 0 Å². The molecule has 0 radical (unpaired) electrons. The Labute approximate surface area is 120 Å². The van der Waals surface area contributed by atoms with E-state index in [4.69, 9.17) is 15.2 Å². The van der Waals surface area contributed by atoms with Gasteiger partial charge in [-0.3, -0.25) is 4.79 Å². The maximum atomic E-state index is 12.0. The Kier molecular flexibility index (Phi) is 5.41. The van der Waals surface area contributed by atoms with Crippen molar-refractivity contribution in [2.45, 2.75) is 32.3 Å². The second-order valence-electron chi connectivity index (χ2n) is 5.41. The highest BCUT2D eigenvalue weighted by atomic mass is 16.5. The Morgan fingerprint density at radius 1 is 1.20 bits per heavy atom. The lowest BCUT2D eigenvalue weighted by molar-refractivity contribution is -0.151. The molecule has 20 heavy (non-hydrogen) atoms. The van der Waals surface area contributed by atoms with Gasteiger partial charge in [0.15, 0.2) is 0 Å². The van der Waals surface area contributed by atoms with Crippen LogP contribution in [0.15, 0.2) is 24.3 Å². The van der Waals surface area contributed by atoms with Crippen LogP contribution in [-0.4, -0.2) is 19.6 Å². The number of hydrogen-bond acceptors (Lipinski definition) is 4. The van der Waals surface area contributed by atoms with Crippen molar-refractivity contribution in [3.05, 3.63) is 29.8 Å². The Morgan fingerprint density at radius 2 is 1.85 bits per heavy atom. The Balaban J connectivity index is 1.77. The summed E-state index contributed by atoms with van der Waals surface area (Å²) in [7, 11) is 1.63. The summed E-state index contributed by atoms with van der Waals surface area (Å²) in [4.78, 5) is 12.0. The van der Waals surface area contributed by atoms with Crippen molar-refractivity contribution in [2.24, 2.45) is 17.6 Å². The number of ether oxygens (including phenoxy) is 2. The van der Waals surface area contributed by atoms with Gasteiger partial charge in [0.1, 0.15) is 12.4 Å². The number of esters is 1. The standard InChI is InChI=1S/C16H23NO3/c1-19-15-8-4-13(5-9-15)11-20-16(18)14-6-2-12(10-17)3-7-14/h4-5,8-9,12,14H,2-3,6-7,10-11,17H2,1H3. The average molecular weight is 277 g/mol. The first kappa shape index (κ1) is 14.9. The number of methoxy groups -OCH3 is 1. The van der Waals surface area contributed by atoms with Gasteiger partial charge in [-0.1, -0.05) is 12.1 Å². The summed E-state index contributed by atoms with van der Waals surface area (Å²) in [6.45, 7) is 1.06. The van der Waals surface area contributed by atoms with E-state index in [1.165, 1.54) is 0 Å². The molecule has 4 heteroatoms. The summed E-state index contributed by atoms with van der Waals surface area (Å²) in [6.07, 6.45) is 3.89. The average Bonchev–Trinajstić information content (AvgIpc) is 2.53. The number of carbonyl (C=O) groups is 1. The number of carbonyl (C=O) groups excluding carboxylic acids is 1. The zero-order chi connectivity index (χ0) is 14.4. The van der Waals surface area contributed by atoms with Crippen LogP contribution in [0.25, 0.3) is 0 Å². The van der Waals surface area contributed by atoms with Crippen LogP contribution in [0.5, 0.6) is 5.75 Å². The molecule has 110 valence electrons. The van der Waals surface area contributed by atoms with Crippen LogP contribution in [0.3, 0.4) is 0 Å². The lowest BCUT2D eigenvalue weighted by Gasteiger charge is -2.26. The lowest BCUT2D eigenvalue weighted by Crippen LogP contribution is -2.26. The van der Waals surface area contributed by atoms with Crippen LogP contribution in [0.2, 0.25) is 0 Å². The second kappa shape index (κ2) is 7.29. The van der Waals surface area contributed by atoms with Crippen molar-refractivity contribution >= 4 is 5.97 Å². The predicted octanol–water partition coefficient (Wildman–Crippen LogP) is 2.50. The molecule has 1 saturated carbocycles. The number of benzene rings is 1. The van der Waals surface area contributed by atoms with Crippen molar-refractivity contribution in [1.82, 2.24) is 0 Å². The summed E-state index contributed by atoms with van der Waals surface area (Å²) < 4.78 is 10.5. The van der Waals surface area contributed by atoms with E-state index in [0.29, 0.717) is 12.5 Å². The smallest absolute Gasteiger partial charge is 0.309 e. The Hall–Kier alpha value is -1.55. The summed E-state index contributed by atoms with van der Waals surface area (Å²) >= 11 is 0. The highest BCUT2D eigenvalue weighted by Gasteiger charge is 2.26. The van der Waals surface area contributed by atoms with E-state index in [-0.39, 0.29) is 11.9 Å². The number of nitrogens with two attached hydrogens (primary N) is 1. The van der Waals surface area contributed by atoms with E-state index in [1.54, 1.807) is 7.11 Å². The van der Waals surface area contributed by atoms with Crippen molar-refractivity contribution < 1.29 is 14.3 Å². The first-order valence-electron chi connectivity index (χ1n) is 7.22. The van der Waals surface area contributed by atoms with Gasteiger partial charge in [-0.15, -0.1) is 0 Å². The predicted molar refractivity (Wildman–Crippen MR) is 77.3 cm³/mol. The van der Waals surface area contributed by atoms with Crippen LogP contribution < -0.4 is 10.5 Å². The quantitative estimate of drug-likeness (QED) is 0.840. The largest absolute Gasteiger partial charge is 0.497 e. The van der Waals surface area contributed by atoms with Crippen LogP contribution in [0, 0.1) is 11.8 Å². The van der Waals surface area contributed by atoms with Gasteiger partial charge in [0, 0.05) is 0 Å². The van der Waals surface area contributed by atoms with Crippen molar-refractivity contribution in [3.63, 3.8) is 0 Å². The molecule has 0 bridgehead atoms. The number of hydrogen-bond donors (Lipinski definition) is 1. The van der Waals surface area contributed by atoms with E-state index in [2.05, 4.69) is 0 Å². The molecule has 0 atom stereocenters. The fraction of sp³-hybridized carbons (Fsp3) is 0.562. The van der Waals surface area contributed by atoms with Gasteiger partial charge in [-0.05, 0) is 55.8 Å². The zero-order valence-electron chi connectivity index (χ0n) is 12.0. The molecule has 0 heterocycles. The molecule has 0 spiro atoms. The normalized spacial score (nSPS) is 22.3. The lowest BCUT2D eigenvalue weighted by atomic mass is 9.82. The first-order chi connectivity index (χ1) is 9.72. The highest BCUT2D eigenvalue weighted by Crippen LogP contribution is 2.29. The molecule has 0 amide bonds. The molecule has 1 aromatic carbocycles. The summed E-state index contributed by atoms with van der Waals surface area (Å²) in [5, 5.41) is 0. The van der Waals surface area contributed by atoms with Crippen molar-refractivity contribution in [3.8, 4) is 5.75 Å². The number of rotatable bonds is 5. The minimum Gasteiger partial charge on any atom is -0.497 e. The third kappa shape index (κ3) is 3.97. The molecule has 2 rings (SSSR count). The van der Waals surface area contributed by atoms with Crippen molar-refractivity contribution in [1.29, 1.82) is 0 Å². The fourth-order valence-electron chi connectivity index (χ4n) is 2.63. The maximum absolute atomic E-state index is 12.0. The topological polar surface area (TPSA) is 61.5 Å². The van der Waals surface area contributed by atoms with Gasteiger partial charge in [0.25, 0.3) is 0 Å². The molecular formula is C16H23NO3. The van der Waals surface area contributed by atoms with E-state index in [1.807, 2.05) is 24.3 Å². The summed E-state index contributed by atoms with van der Waals surface area (Å²) in [5.74, 6) is 1.37. The van der Waals surface area contributed by atoms with Crippen molar-refractivity contribution in [2.75, 3.05) is 13.7 Å². The van der Waals surface area contributed by atoms with Gasteiger partial charge in [-0.25, -0.2) is 0 Å². The summed E-state index contributed by atoms with van der Waals surface area (Å²) in [5.41, 5.74) is 6.64. The third-order valence-corrected chi connectivity index (χ3v) is 4.05. The minimum absolute atomic E-state index is 0.0519. The Bertz CT molecular complexity index is 422. The summed E-state index contributed by atoms with van der Waals surface area (Å²) in [6, 6.07) is 7.57. The van der Waals surface area contributed by atoms with E-state index in [9.17, 15) is 4.79 Å². The van der Waals surface area contributed by atoms with E-state index >= 15 is 0 Å². The van der Waals surface area contributed by atoms with Gasteiger partial charge in [0.2, 0.25) is 0 Å². The first-order valence-corrected chi connectivity index (χ1v) is 7.22. The Morgan fingerprint density at radius 3 is 2.40 bits per heavy atom. The van der Waals surface area contributed by atoms with Crippen LogP contribution >= 0.6 is 0 Å². The minimum atomic E-state index is -0.0729. The van der Waals surface area contributed by atoms with Gasteiger partial charge >= 0.3 is 5.97 Å². The van der Waals surface area contributed by atoms with Gasteiger partial charge in [-0.2, -0.15) is 0 Å². The molecule has 0 saturated heterocycles. The van der Waals surface area contributed by atoms with Crippen LogP contribution in [-0.2, 0) is 16.1 Å². The van der Waals surface area contributed by atoms with Crippen LogP contribution in [0.1, 0.15) is 31.2 Å². The molecule has 0 aromatic heterocycles. The molecule has 1 aliphatic rings. The SMILES string of the molecule is COc1ccc(COC(=O)C2CCC(CN)CC2)cc1. The molecule has 1 aromatic rings. The molecule has 1 aliphatic carbocycles.